The summed E-state index contributed by atoms with van der Waals surface area (Å²) < 4.78 is 0. The molecule has 0 aromatic heterocycles. The molecule has 0 saturated heterocycles. The van der Waals surface area contributed by atoms with Crippen molar-refractivity contribution in [2.75, 3.05) is 0 Å². The smallest absolute Gasteiger partial charge is 0.245 e. The number of hydrogen-bond donors (Lipinski definition) is 1. The molecule has 0 radical (unpaired) electrons. The molecular weight excluding hydrogens is 234 g/mol. The number of hydrogen-bond acceptors (Lipinski definition) is 1. The second-order valence-electron chi connectivity index (χ2n) is 4.11. The zero-order valence-electron chi connectivity index (χ0n) is 9.83. The molecule has 0 spiro atoms. The third kappa shape index (κ3) is 4.34. The van der Waals surface area contributed by atoms with Gasteiger partial charge in [-0.3, -0.25) is 4.79 Å². The molecule has 1 aromatic carbocycles. The summed E-state index contributed by atoms with van der Waals surface area (Å²) in [5.74, 6) is 2.25. The van der Waals surface area contributed by atoms with Crippen LogP contribution in [0.15, 0.2) is 30.3 Å². The first-order valence-corrected chi connectivity index (χ1v) is 5.55. The van der Waals surface area contributed by atoms with E-state index in [0.717, 1.165) is 5.56 Å². The summed E-state index contributed by atoms with van der Waals surface area (Å²) >= 11 is 5.95. The topological polar surface area (TPSA) is 29.1 Å². The van der Waals surface area contributed by atoms with Crippen LogP contribution in [0.1, 0.15) is 19.4 Å². The highest BCUT2D eigenvalue weighted by atomic mass is 35.5. The molecule has 0 aliphatic rings. The van der Waals surface area contributed by atoms with E-state index in [9.17, 15) is 4.79 Å². The van der Waals surface area contributed by atoms with E-state index in [-0.39, 0.29) is 5.91 Å². The minimum atomic E-state index is -0.651. The quantitative estimate of drug-likeness (QED) is 0.646. The van der Waals surface area contributed by atoms with Crippen LogP contribution >= 0.6 is 11.6 Å². The number of benzene rings is 1. The fourth-order valence-corrected chi connectivity index (χ4v) is 1.36. The monoisotopic (exact) mass is 247 g/mol. The first kappa shape index (κ1) is 13.3. The molecule has 1 aromatic rings. The molecule has 0 aliphatic heterocycles. The molecule has 1 rings (SSSR count). The summed E-state index contributed by atoms with van der Waals surface area (Å²) in [7, 11) is 0. The SMILES string of the molecule is C#CC(C)(C)NC(=O)/C=C/c1ccccc1Cl. The lowest BCUT2D eigenvalue weighted by Crippen LogP contribution is -2.41. The molecule has 1 amide bonds. The Morgan fingerprint density at radius 2 is 2.12 bits per heavy atom. The van der Waals surface area contributed by atoms with Gasteiger partial charge < -0.3 is 5.32 Å². The van der Waals surface area contributed by atoms with E-state index in [4.69, 9.17) is 18.0 Å². The van der Waals surface area contributed by atoms with Gasteiger partial charge in [0.2, 0.25) is 5.91 Å². The van der Waals surface area contributed by atoms with Crippen LogP contribution < -0.4 is 5.32 Å². The highest BCUT2D eigenvalue weighted by molar-refractivity contribution is 6.32. The van der Waals surface area contributed by atoms with Crippen LogP contribution in [0.5, 0.6) is 0 Å². The van der Waals surface area contributed by atoms with Crippen molar-refractivity contribution >= 4 is 23.6 Å². The van der Waals surface area contributed by atoms with Gasteiger partial charge in [0.05, 0.1) is 5.54 Å². The molecule has 0 heterocycles. The summed E-state index contributed by atoms with van der Waals surface area (Å²) in [6.07, 6.45) is 8.35. The van der Waals surface area contributed by atoms with Crippen molar-refractivity contribution in [1.29, 1.82) is 0 Å². The summed E-state index contributed by atoms with van der Waals surface area (Å²) in [6, 6.07) is 7.29. The molecule has 0 atom stereocenters. The minimum Gasteiger partial charge on any atom is -0.337 e. The molecule has 0 unspecified atom stereocenters. The average molecular weight is 248 g/mol. The Kier molecular flexibility index (Phi) is 4.37. The lowest BCUT2D eigenvalue weighted by atomic mass is 10.1. The summed E-state index contributed by atoms with van der Waals surface area (Å²) in [6.45, 7) is 3.52. The highest BCUT2D eigenvalue weighted by Gasteiger charge is 2.14. The van der Waals surface area contributed by atoms with E-state index < -0.39 is 5.54 Å². The van der Waals surface area contributed by atoms with Crippen LogP contribution in [0.2, 0.25) is 5.02 Å². The molecule has 0 aliphatic carbocycles. The van der Waals surface area contributed by atoms with Gasteiger partial charge in [0.1, 0.15) is 0 Å². The fourth-order valence-electron chi connectivity index (χ4n) is 1.16. The van der Waals surface area contributed by atoms with Gasteiger partial charge in [-0.25, -0.2) is 0 Å². The van der Waals surface area contributed by atoms with Crippen LogP contribution in [0.3, 0.4) is 0 Å². The van der Waals surface area contributed by atoms with Crippen molar-refractivity contribution in [2.45, 2.75) is 19.4 Å². The second-order valence-corrected chi connectivity index (χ2v) is 4.52. The molecule has 1 N–H and O–H groups in total. The van der Waals surface area contributed by atoms with Gasteiger partial charge in [0.25, 0.3) is 0 Å². The van der Waals surface area contributed by atoms with E-state index in [1.165, 1.54) is 6.08 Å². The van der Waals surface area contributed by atoms with Crippen molar-refractivity contribution in [3.8, 4) is 12.3 Å². The number of amides is 1. The van der Waals surface area contributed by atoms with Gasteiger partial charge >= 0.3 is 0 Å². The molecule has 17 heavy (non-hydrogen) atoms. The molecule has 0 bridgehead atoms. The van der Waals surface area contributed by atoms with Gasteiger partial charge in [-0.1, -0.05) is 35.7 Å². The number of carbonyl (C=O) groups excluding carboxylic acids is 1. The molecule has 0 fully saturated rings. The van der Waals surface area contributed by atoms with E-state index >= 15 is 0 Å². The second kappa shape index (κ2) is 5.56. The Labute approximate surface area is 107 Å². The lowest BCUT2D eigenvalue weighted by Gasteiger charge is -2.17. The predicted molar refractivity (Wildman–Crippen MR) is 71.5 cm³/mol. The summed E-state index contributed by atoms with van der Waals surface area (Å²) in [5.41, 5.74) is 0.143. The third-order valence-electron chi connectivity index (χ3n) is 2.12. The Bertz CT molecular complexity index is 483. The fraction of sp³-hybridized carbons (Fsp3) is 0.214. The number of carbonyl (C=O) groups is 1. The van der Waals surface area contributed by atoms with E-state index in [1.54, 1.807) is 26.0 Å². The van der Waals surface area contributed by atoms with Crippen molar-refractivity contribution in [2.24, 2.45) is 0 Å². The Morgan fingerprint density at radius 3 is 2.71 bits per heavy atom. The maximum absolute atomic E-state index is 11.6. The summed E-state index contributed by atoms with van der Waals surface area (Å²) in [5, 5.41) is 3.30. The zero-order valence-corrected chi connectivity index (χ0v) is 10.6. The van der Waals surface area contributed by atoms with Crippen molar-refractivity contribution in [3.05, 3.63) is 40.9 Å². The van der Waals surface area contributed by atoms with Crippen molar-refractivity contribution in [1.82, 2.24) is 5.32 Å². The number of terminal acetylenes is 1. The van der Waals surface area contributed by atoms with Crippen molar-refractivity contribution in [3.63, 3.8) is 0 Å². The Hall–Kier alpha value is -1.72. The maximum Gasteiger partial charge on any atom is 0.245 e. The van der Waals surface area contributed by atoms with Crippen LogP contribution in [0, 0.1) is 12.3 Å². The number of halogens is 1. The maximum atomic E-state index is 11.6. The minimum absolute atomic E-state index is 0.243. The van der Waals surface area contributed by atoms with Gasteiger partial charge in [0.15, 0.2) is 0 Å². The number of nitrogens with one attached hydrogen (secondary N) is 1. The third-order valence-corrected chi connectivity index (χ3v) is 2.46. The molecule has 88 valence electrons. The standard InChI is InChI=1S/C14H14ClNO/c1-4-14(2,3)16-13(17)10-9-11-7-5-6-8-12(11)15/h1,5-10H,2-3H3,(H,16,17)/b10-9+. The first-order chi connectivity index (χ1) is 7.94. The molecular formula is C14H14ClNO. The highest BCUT2D eigenvalue weighted by Crippen LogP contribution is 2.16. The first-order valence-electron chi connectivity index (χ1n) is 5.17. The number of rotatable bonds is 3. The molecule has 0 saturated carbocycles. The van der Waals surface area contributed by atoms with Crippen LogP contribution in [0.4, 0.5) is 0 Å². The van der Waals surface area contributed by atoms with E-state index in [2.05, 4.69) is 11.2 Å². The largest absolute Gasteiger partial charge is 0.337 e. The van der Waals surface area contributed by atoms with E-state index in [0.29, 0.717) is 5.02 Å². The molecule has 2 nitrogen and oxygen atoms in total. The van der Waals surface area contributed by atoms with Gasteiger partial charge in [-0.15, -0.1) is 6.42 Å². The Balaban J connectivity index is 2.71. The lowest BCUT2D eigenvalue weighted by molar-refractivity contribution is -0.117. The predicted octanol–water partition coefficient (Wildman–Crippen LogP) is 2.88. The van der Waals surface area contributed by atoms with Crippen molar-refractivity contribution < 1.29 is 4.79 Å². The van der Waals surface area contributed by atoms with Crippen LogP contribution in [-0.4, -0.2) is 11.4 Å². The van der Waals surface area contributed by atoms with Crippen LogP contribution in [-0.2, 0) is 4.79 Å². The van der Waals surface area contributed by atoms with Gasteiger partial charge in [0, 0.05) is 11.1 Å². The molecule has 3 heteroatoms. The van der Waals surface area contributed by atoms with Crippen LogP contribution in [0.25, 0.3) is 6.08 Å². The zero-order chi connectivity index (χ0) is 12.9. The average Bonchev–Trinajstić information content (AvgIpc) is 2.27. The van der Waals surface area contributed by atoms with Gasteiger partial charge in [-0.05, 0) is 31.6 Å². The van der Waals surface area contributed by atoms with E-state index in [1.807, 2.05) is 18.2 Å². The normalized spacial score (nSPS) is 11.2. The van der Waals surface area contributed by atoms with Gasteiger partial charge in [-0.2, -0.15) is 0 Å². The summed E-state index contributed by atoms with van der Waals surface area (Å²) in [4.78, 5) is 11.6. The Morgan fingerprint density at radius 1 is 1.47 bits per heavy atom.